The van der Waals surface area contributed by atoms with Gasteiger partial charge in [-0.1, -0.05) is 24.3 Å². The first kappa shape index (κ1) is 18.7. The molecule has 0 aliphatic carbocycles. The first-order valence-corrected chi connectivity index (χ1v) is 10.7. The summed E-state index contributed by atoms with van der Waals surface area (Å²) in [7, 11) is 0. The number of hydrogen-bond acceptors (Lipinski definition) is 3. The minimum Gasteiger partial charge on any atom is -0.492 e. The van der Waals surface area contributed by atoms with E-state index in [4.69, 9.17) is 10.5 Å². The smallest absolute Gasteiger partial charge is 0.222 e. The second-order valence-corrected chi connectivity index (χ2v) is 8.86. The van der Waals surface area contributed by atoms with Crippen LogP contribution in [0.5, 0.6) is 5.75 Å². The van der Waals surface area contributed by atoms with Crippen LogP contribution < -0.4 is 10.5 Å². The lowest BCUT2D eigenvalue weighted by molar-refractivity contribution is -0.132. The Bertz CT molecular complexity index is 844. The molecule has 0 saturated carbocycles. The summed E-state index contributed by atoms with van der Waals surface area (Å²) in [5.41, 5.74) is 9.54. The van der Waals surface area contributed by atoms with Crippen LogP contribution in [0.15, 0.2) is 42.5 Å². The van der Waals surface area contributed by atoms with Crippen LogP contribution in [0.3, 0.4) is 0 Å². The molecule has 5 heteroatoms. The monoisotopic (exact) mass is 476 g/mol. The van der Waals surface area contributed by atoms with Crippen LogP contribution in [-0.4, -0.2) is 30.5 Å². The quantitative estimate of drug-likeness (QED) is 0.686. The van der Waals surface area contributed by atoms with Gasteiger partial charge in [0.15, 0.2) is 0 Å². The van der Waals surface area contributed by atoms with Gasteiger partial charge < -0.3 is 15.4 Å². The lowest BCUT2D eigenvalue weighted by atomic mass is 9.74. The van der Waals surface area contributed by atoms with Gasteiger partial charge in [-0.2, -0.15) is 0 Å². The Morgan fingerprint density at radius 3 is 2.70 bits per heavy atom. The van der Waals surface area contributed by atoms with Crippen molar-refractivity contribution in [1.29, 1.82) is 0 Å². The van der Waals surface area contributed by atoms with Gasteiger partial charge in [0.1, 0.15) is 5.75 Å². The molecule has 0 radical (unpaired) electrons. The number of nitrogens with zero attached hydrogens (tertiary/aromatic N) is 1. The number of carbonyl (C=O) groups is 1. The summed E-state index contributed by atoms with van der Waals surface area (Å²) in [5.74, 6) is 1.25. The number of halogens is 1. The first-order valence-electron chi connectivity index (χ1n) is 9.58. The molecule has 2 N–H and O–H groups in total. The van der Waals surface area contributed by atoms with Crippen LogP contribution >= 0.6 is 22.6 Å². The van der Waals surface area contributed by atoms with E-state index in [0.29, 0.717) is 13.0 Å². The minimum absolute atomic E-state index is 0.0484. The van der Waals surface area contributed by atoms with Gasteiger partial charge in [-0.3, -0.25) is 4.79 Å². The van der Waals surface area contributed by atoms with Crippen molar-refractivity contribution in [3.8, 4) is 5.75 Å². The van der Waals surface area contributed by atoms with Crippen molar-refractivity contribution in [3.63, 3.8) is 0 Å². The van der Waals surface area contributed by atoms with Gasteiger partial charge in [0, 0.05) is 40.6 Å². The third-order valence-corrected chi connectivity index (χ3v) is 6.62. The maximum atomic E-state index is 12.7. The van der Waals surface area contributed by atoms with Gasteiger partial charge in [-0.25, -0.2) is 0 Å². The number of amides is 1. The summed E-state index contributed by atoms with van der Waals surface area (Å²) in [5, 5.41) is 0. The number of piperidine rings is 1. The Morgan fingerprint density at radius 1 is 1.15 bits per heavy atom. The van der Waals surface area contributed by atoms with Gasteiger partial charge in [0.05, 0.1) is 6.61 Å². The van der Waals surface area contributed by atoms with Crippen molar-refractivity contribution in [3.05, 3.63) is 62.7 Å². The maximum absolute atomic E-state index is 12.7. The molecule has 4 nitrogen and oxygen atoms in total. The van der Waals surface area contributed by atoms with Gasteiger partial charge in [0.25, 0.3) is 0 Å². The molecule has 27 heavy (non-hydrogen) atoms. The molecule has 0 atom stereocenters. The van der Waals surface area contributed by atoms with Crippen molar-refractivity contribution in [2.75, 3.05) is 19.7 Å². The van der Waals surface area contributed by atoms with E-state index in [1.54, 1.807) is 0 Å². The molecule has 0 unspecified atom stereocenters. The van der Waals surface area contributed by atoms with Crippen LogP contribution in [0.2, 0.25) is 0 Å². The Kier molecular flexibility index (Phi) is 5.41. The second kappa shape index (κ2) is 7.80. The highest BCUT2D eigenvalue weighted by Gasteiger charge is 2.43. The Balaban J connectivity index is 1.38. The molecular formula is C22H25IN2O2. The minimum atomic E-state index is 0.0484. The number of aryl methyl sites for hydroxylation is 1. The SMILES string of the molecule is NCc1ccc2c(c1)C1(CCN(C(=O)CCc3cccc(I)c3)CC1)CO2. The normalized spacial score (nSPS) is 17.6. The van der Waals surface area contributed by atoms with E-state index in [1.807, 2.05) is 17.0 Å². The fourth-order valence-corrected chi connectivity index (χ4v) is 4.85. The van der Waals surface area contributed by atoms with E-state index < -0.39 is 0 Å². The van der Waals surface area contributed by atoms with Crippen LogP contribution in [0.1, 0.15) is 36.0 Å². The van der Waals surface area contributed by atoms with Crippen LogP contribution in [-0.2, 0) is 23.2 Å². The molecule has 2 aromatic rings. The van der Waals surface area contributed by atoms with Crippen LogP contribution in [0, 0.1) is 3.57 Å². The zero-order valence-corrected chi connectivity index (χ0v) is 17.6. The highest BCUT2D eigenvalue weighted by Crippen LogP contribution is 2.45. The van der Waals surface area contributed by atoms with Crippen molar-refractivity contribution in [2.45, 2.75) is 37.6 Å². The lowest BCUT2D eigenvalue weighted by Crippen LogP contribution is -2.46. The average molecular weight is 476 g/mol. The molecule has 0 bridgehead atoms. The Morgan fingerprint density at radius 2 is 1.96 bits per heavy atom. The number of fused-ring (bicyclic) bond motifs is 2. The molecule has 0 aromatic heterocycles. The van der Waals surface area contributed by atoms with Crippen molar-refractivity contribution in [1.82, 2.24) is 4.90 Å². The number of rotatable bonds is 4. The van der Waals surface area contributed by atoms with Gasteiger partial charge in [-0.15, -0.1) is 0 Å². The number of ether oxygens (including phenoxy) is 1. The van der Waals surface area contributed by atoms with E-state index in [0.717, 1.165) is 50.3 Å². The van der Waals surface area contributed by atoms with Gasteiger partial charge in [-0.05, 0) is 71.2 Å². The van der Waals surface area contributed by atoms with Gasteiger partial charge >= 0.3 is 0 Å². The molecule has 1 spiro atoms. The van der Waals surface area contributed by atoms with Gasteiger partial charge in [0.2, 0.25) is 5.91 Å². The number of likely N-dealkylation sites (tertiary alicyclic amines) is 1. The molecule has 1 saturated heterocycles. The number of carbonyl (C=O) groups excluding carboxylic acids is 1. The standard InChI is InChI=1S/C22H25IN2O2/c23-18-3-1-2-16(12-18)5-7-21(26)25-10-8-22(9-11-25)15-27-20-6-4-17(14-24)13-19(20)22/h1-4,6,12-13H,5,7-11,14-15,24H2. The van der Waals surface area contributed by atoms with Crippen molar-refractivity contribution < 1.29 is 9.53 Å². The summed E-state index contributed by atoms with van der Waals surface area (Å²) in [6.07, 6.45) is 3.31. The summed E-state index contributed by atoms with van der Waals surface area (Å²) >= 11 is 2.31. The zero-order chi connectivity index (χ0) is 18.9. The molecule has 1 fully saturated rings. The molecule has 2 heterocycles. The third-order valence-electron chi connectivity index (χ3n) is 5.94. The highest BCUT2D eigenvalue weighted by molar-refractivity contribution is 14.1. The van der Waals surface area contributed by atoms with E-state index in [9.17, 15) is 4.79 Å². The predicted molar refractivity (Wildman–Crippen MR) is 115 cm³/mol. The summed E-state index contributed by atoms with van der Waals surface area (Å²) in [4.78, 5) is 14.7. The van der Waals surface area contributed by atoms with Crippen LogP contribution in [0.4, 0.5) is 0 Å². The molecule has 2 aliphatic rings. The van der Waals surface area contributed by atoms with E-state index in [2.05, 4.69) is 52.9 Å². The number of hydrogen-bond donors (Lipinski definition) is 1. The number of nitrogens with two attached hydrogens (primary N) is 1. The summed E-state index contributed by atoms with van der Waals surface area (Å²) in [6.45, 7) is 2.88. The molecular weight excluding hydrogens is 451 g/mol. The van der Waals surface area contributed by atoms with Crippen molar-refractivity contribution >= 4 is 28.5 Å². The molecule has 142 valence electrons. The highest BCUT2D eigenvalue weighted by atomic mass is 127. The molecule has 4 rings (SSSR count). The Hall–Kier alpha value is -1.60. The topological polar surface area (TPSA) is 55.6 Å². The Labute approximate surface area is 174 Å². The largest absolute Gasteiger partial charge is 0.492 e. The van der Waals surface area contributed by atoms with E-state index >= 15 is 0 Å². The summed E-state index contributed by atoms with van der Waals surface area (Å²) < 4.78 is 7.18. The molecule has 2 aliphatic heterocycles. The first-order chi connectivity index (χ1) is 13.1. The van der Waals surface area contributed by atoms with Crippen LogP contribution in [0.25, 0.3) is 0 Å². The van der Waals surface area contributed by atoms with Crippen molar-refractivity contribution in [2.24, 2.45) is 5.73 Å². The molecule has 1 amide bonds. The predicted octanol–water partition coefficient (Wildman–Crippen LogP) is 3.64. The van der Waals surface area contributed by atoms with E-state index in [-0.39, 0.29) is 11.3 Å². The average Bonchev–Trinajstić information content (AvgIpc) is 3.04. The molecule has 2 aromatic carbocycles. The summed E-state index contributed by atoms with van der Waals surface area (Å²) in [6, 6.07) is 14.7. The third kappa shape index (κ3) is 3.85. The fraction of sp³-hybridized carbons (Fsp3) is 0.409. The zero-order valence-electron chi connectivity index (χ0n) is 15.4. The fourth-order valence-electron chi connectivity index (χ4n) is 4.24. The number of benzene rings is 2. The van der Waals surface area contributed by atoms with E-state index in [1.165, 1.54) is 14.7 Å². The lowest BCUT2D eigenvalue weighted by Gasteiger charge is -2.38. The second-order valence-electron chi connectivity index (χ2n) is 7.61. The maximum Gasteiger partial charge on any atom is 0.222 e.